The first-order valence-electron chi connectivity index (χ1n) is 7.95. The van der Waals surface area contributed by atoms with Gasteiger partial charge in [-0.3, -0.25) is 4.79 Å². The van der Waals surface area contributed by atoms with E-state index < -0.39 is 0 Å². The van der Waals surface area contributed by atoms with Crippen LogP contribution < -0.4 is 14.8 Å². The fourth-order valence-electron chi connectivity index (χ4n) is 2.36. The maximum absolute atomic E-state index is 12.5. The van der Waals surface area contributed by atoms with Gasteiger partial charge < -0.3 is 19.6 Å². The largest absolute Gasteiger partial charge is 0.493 e. The third-order valence-electron chi connectivity index (χ3n) is 3.66. The molecule has 0 saturated heterocycles. The van der Waals surface area contributed by atoms with E-state index in [1.807, 2.05) is 30.3 Å². The number of carbonyl (C=O) groups is 1. The van der Waals surface area contributed by atoms with Gasteiger partial charge in [-0.1, -0.05) is 39.3 Å². The highest BCUT2D eigenvalue weighted by Gasteiger charge is 2.15. The van der Waals surface area contributed by atoms with Crippen LogP contribution in [0.15, 0.2) is 52.1 Å². The zero-order valence-corrected chi connectivity index (χ0v) is 16.5. The fourth-order valence-corrected chi connectivity index (χ4v) is 2.63. The van der Waals surface area contributed by atoms with Crippen molar-refractivity contribution in [3.05, 3.63) is 58.1 Å². The molecule has 0 aliphatic heterocycles. The lowest BCUT2D eigenvalue weighted by Gasteiger charge is -2.11. The third kappa shape index (κ3) is 5.23. The minimum Gasteiger partial charge on any atom is -0.493 e. The maximum atomic E-state index is 12.5. The van der Waals surface area contributed by atoms with Gasteiger partial charge in [-0.15, -0.1) is 0 Å². The number of hydrogen-bond donors (Lipinski definition) is 1. The number of hydrogen-bond acceptors (Lipinski definition) is 5. The number of ether oxygens (including phenoxy) is 2. The summed E-state index contributed by atoms with van der Waals surface area (Å²) in [5.74, 6) is 1.03. The van der Waals surface area contributed by atoms with Crippen LogP contribution in [0.3, 0.4) is 0 Å². The summed E-state index contributed by atoms with van der Waals surface area (Å²) in [6.07, 6.45) is 0.646. The number of oxime groups is 1. The first-order chi connectivity index (χ1) is 12.6. The molecule has 0 aliphatic rings. The van der Waals surface area contributed by atoms with Gasteiger partial charge in [0.2, 0.25) is 0 Å². The van der Waals surface area contributed by atoms with Crippen molar-refractivity contribution in [1.82, 2.24) is 5.32 Å². The van der Waals surface area contributed by atoms with E-state index in [1.54, 1.807) is 26.4 Å². The Balaban J connectivity index is 2.00. The van der Waals surface area contributed by atoms with Crippen LogP contribution >= 0.6 is 15.9 Å². The monoisotopic (exact) mass is 420 g/mol. The van der Waals surface area contributed by atoms with E-state index in [4.69, 9.17) is 14.3 Å². The number of amides is 1. The van der Waals surface area contributed by atoms with Gasteiger partial charge in [-0.05, 0) is 36.2 Å². The standard InChI is InChI=1S/C19H21BrN2O4/c1-24-16-9-4-13(12-17(16)25-2)10-11-21-19(23)18(22-26-3)14-5-7-15(20)8-6-14/h4-9,12H,10-11H2,1-3H3,(H,21,23). The van der Waals surface area contributed by atoms with E-state index in [0.717, 1.165) is 10.0 Å². The van der Waals surface area contributed by atoms with Crippen molar-refractivity contribution in [3.8, 4) is 11.5 Å². The number of nitrogens with one attached hydrogen (secondary N) is 1. The van der Waals surface area contributed by atoms with Gasteiger partial charge >= 0.3 is 0 Å². The number of halogens is 1. The molecule has 0 radical (unpaired) electrons. The molecule has 0 saturated carbocycles. The summed E-state index contributed by atoms with van der Waals surface area (Å²) in [4.78, 5) is 17.3. The Kier molecular flexibility index (Phi) is 7.47. The highest BCUT2D eigenvalue weighted by atomic mass is 79.9. The van der Waals surface area contributed by atoms with E-state index in [0.29, 0.717) is 30.0 Å². The van der Waals surface area contributed by atoms with Gasteiger partial charge in [-0.25, -0.2) is 0 Å². The van der Waals surface area contributed by atoms with Crippen molar-refractivity contribution in [2.75, 3.05) is 27.9 Å². The summed E-state index contributed by atoms with van der Waals surface area (Å²) in [5.41, 5.74) is 1.93. The topological polar surface area (TPSA) is 69.2 Å². The normalized spacial score (nSPS) is 11.0. The summed E-state index contributed by atoms with van der Waals surface area (Å²) < 4.78 is 11.4. The lowest BCUT2D eigenvalue weighted by Crippen LogP contribution is -2.33. The predicted octanol–water partition coefficient (Wildman–Crippen LogP) is 3.18. The van der Waals surface area contributed by atoms with Crippen molar-refractivity contribution in [1.29, 1.82) is 0 Å². The molecule has 0 spiro atoms. The van der Waals surface area contributed by atoms with Gasteiger partial charge in [0.1, 0.15) is 7.11 Å². The van der Waals surface area contributed by atoms with E-state index >= 15 is 0 Å². The van der Waals surface area contributed by atoms with Crippen molar-refractivity contribution < 1.29 is 19.1 Å². The molecule has 0 aliphatic carbocycles. The third-order valence-corrected chi connectivity index (χ3v) is 4.19. The first-order valence-corrected chi connectivity index (χ1v) is 8.74. The summed E-state index contributed by atoms with van der Waals surface area (Å²) in [5, 5.41) is 6.71. The molecule has 1 amide bonds. The second-order valence-corrected chi connectivity index (χ2v) is 6.24. The molecule has 0 heterocycles. The number of nitrogens with zero attached hydrogens (tertiary/aromatic N) is 1. The summed E-state index contributed by atoms with van der Waals surface area (Å²) >= 11 is 3.37. The van der Waals surface area contributed by atoms with Gasteiger partial charge in [0.25, 0.3) is 5.91 Å². The predicted molar refractivity (Wildman–Crippen MR) is 104 cm³/mol. The smallest absolute Gasteiger partial charge is 0.273 e. The molecule has 0 unspecified atom stereocenters. The SMILES string of the molecule is CON=C(C(=O)NCCc1ccc(OC)c(OC)c1)c1ccc(Br)cc1. The van der Waals surface area contributed by atoms with Gasteiger partial charge in [-0.2, -0.15) is 0 Å². The van der Waals surface area contributed by atoms with Crippen LogP contribution in [-0.2, 0) is 16.1 Å². The van der Waals surface area contributed by atoms with Crippen LogP contribution in [0.25, 0.3) is 0 Å². The summed E-state index contributed by atoms with van der Waals surface area (Å²) in [6.45, 7) is 0.452. The minimum atomic E-state index is -0.297. The second-order valence-electron chi connectivity index (χ2n) is 5.32. The summed E-state index contributed by atoms with van der Waals surface area (Å²) in [7, 11) is 4.60. The van der Waals surface area contributed by atoms with Gasteiger partial charge in [0.05, 0.1) is 14.2 Å². The quantitative estimate of drug-likeness (QED) is 0.525. The van der Waals surface area contributed by atoms with Crippen LogP contribution in [-0.4, -0.2) is 39.5 Å². The average molecular weight is 421 g/mol. The average Bonchev–Trinajstić information content (AvgIpc) is 2.66. The Morgan fingerprint density at radius 2 is 1.73 bits per heavy atom. The second kappa shape index (κ2) is 9.82. The lowest BCUT2D eigenvalue weighted by molar-refractivity contribution is -0.114. The van der Waals surface area contributed by atoms with Crippen LogP contribution in [0.2, 0.25) is 0 Å². The van der Waals surface area contributed by atoms with Gasteiger partial charge in [0, 0.05) is 16.6 Å². The number of benzene rings is 2. The molecule has 0 atom stereocenters. The molecule has 2 aromatic carbocycles. The van der Waals surface area contributed by atoms with Crippen molar-refractivity contribution in [2.24, 2.45) is 5.16 Å². The molecule has 26 heavy (non-hydrogen) atoms. The molecule has 138 valence electrons. The molecule has 2 aromatic rings. The Hall–Kier alpha value is -2.54. The van der Waals surface area contributed by atoms with E-state index in [-0.39, 0.29) is 11.6 Å². The fraction of sp³-hybridized carbons (Fsp3) is 0.263. The van der Waals surface area contributed by atoms with E-state index in [1.165, 1.54) is 7.11 Å². The van der Waals surface area contributed by atoms with E-state index in [2.05, 4.69) is 26.4 Å². The lowest BCUT2D eigenvalue weighted by atomic mass is 10.1. The maximum Gasteiger partial charge on any atom is 0.273 e. The molecular formula is C19H21BrN2O4. The van der Waals surface area contributed by atoms with Crippen LogP contribution in [0, 0.1) is 0 Å². The van der Waals surface area contributed by atoms with Gasteiger partial charge in [0.15, 0.2) is 17.2 Å². The Bertz CT molecular complexity index is 776. The summed E-state index contributed by atoms with van der Waals surface area (Å²) in [6, 6.07) is 13.0. The minimum absolute atomic E-state index is 0.229. The molecule has 6 nitrogen and oxygen atoms in total. The number of methoxy groups -OCH3 is 2. The molecule has 7 heteroatoms. The molecule has 2 rings (SSSR count). The Morgan fingerprint density at radius 3 is 2.35 bits per heavy atom. The number of rotatable bonds is 8. The van der Waals surface area contributed by atoms with E-state index in [9.17, 15) is 4.79 Å². The first kappa shape index (κ1) is 19.8. The highest BCUT2D eigenvalue weighted by Crippen LogP contribution is 2.27. The molecule has 0 fully saturated rings. The van der Waals surface area contributed by atoms with Crippen molar-refractivity contribution in [3.63, 3.8) is 0 Å². The van der Waals surface area contributed by atoms with Crippen LogP contribution in [0.1, 0.15) is 11.1 Å². The molecule has 0 aromatic heterocycles. The van der Waals surface area contributed by atoms with Crippen molar-refractivity contribution in [2.45, 2.75) is 6.42 Å². The highest BCUT2D eigenvalue weighted by molar-refractivity contribution is 9.10. The molecule has 0 bridgehead atoms. The Morgan fingerprint density at radius 1 is 1.04 bits per heavy atom. The molecular weight excluding hydrogens is 400 g/mol. The van der Waals surface area contributed by atoms with Crippen LogP contribution in [0.4, 0.5) is 0 Å². The van der Waals surface area contributed by atoms with Crippen LogP contribution in [0.5, 0.6) is 11.5 Å². The Labute approximate surface area is 161 Å². The van der Waals surface area contributed by atoms with Crippen molar-refractivity contribution >= 4 is 27.5 Å². The zero-order chi connectivity index (χ0) is 18.9. The molecule has 1 N–H and O–H groups in total. The zero-order valence-electron chi connectivity index (χ0n) is 14.9. The number of carbonyl (C=O) groups excluding carboxylic acids is 1.